The number of rotatable bonds is 11. The lowest BCUT2D eigenvalue weighted by atomic mass is 10.0. The number of carbonyl (C=O) groups excluding carboxylic acids is 2. The third-order valence-electron chi connectivity index (χ3n) is 4.23. The first-order chi connectivity index (χ1) is 13.8. The second-order valence-corrected chi connectivity index (χ2v) is 7.42. The fraction of sp³-hybridized carbons (Fsp3) is 0.304. The summed E-state index contributed by atoms with van der Waals surface area (Å²) in [6.07, 6.45) is 3.67. The Morgan fingerprint density at radius 2 is 1.86 bits per heavy atom. The molecule has 0 bridgehead atoms. The highest BCUT2D eigenvalue weighted by atomic mass is 35.5. The molecule has 0 heterocycles. The number of hydrogen-bond acceptors (Lipinski definition) is 5. The first-order valence-electron chi connectivity index (χ1n) is 9.41. The molecule has 0 spiro atoms. The predicted molar refractivity (Wildman–Crippen MR) is 116 cm³/mol. The molecule has 0 aliphatic heterocycles. The number of likely N-dealkylation sites (N-methyl/N-ethyl adjacent to an activating group) is 1. The van der Waals surface area contributed by atoms with Crippen LogP contribution in [0.5, 0.6) is 11.5 Å². The highest BCUT2D eigenvalue weighted by Gasteiger charge is 2.08. The van der Waals surface area contributed by atoms with Crippen molar-refractivity contribution in [2.75, 3.05) is 27.2 Å². The molecule has 0 saturated carbocycles. The summed E-state index contributed by atoms with van der Waals surface area (Å²) >= 11 is 6.25. The van der Waals surface area contributed by atoms with Crippen LogP contribution in [0.4, 0.5) is 0 Å². The van der Waals surface area contributed by atoms with E-state index >= 15 is 0 Å². The van der Waals surface area contributed by atoms with Crippen molar-refractivity contribution in [1.82, 2.24) is 4.90 Å². The van der Waals surface area contributed by atoms with Gasteiger partial charge in [0.15, 0.2) is 5.78 Å². The van der Waals surface area contributed by atoms with Crippen molar-refractivity contribution in [2.24, 2.45) is 0 Å². The predicted octanol–water partition coefficient (Wildman–Crippen LogP) is 4.16. The van der Waals surface area contributed by atoms with Gasteiger partial charge in [0.05, 0.1) is 11.4 Å². The number of allylic oxidation sites excluding steroid dienone is 1. The Hall–Kier alpha value is -2.63. The van der Waals surface area contributed by atoms with Gasteiger partial charge in [0.2, 0.25) is 0 Å². The lowest BCUT2D eigenvalue weighted by Crippen LogP contribution is -2.19. The number of Topliss-reactive ketones (excluding diaryl/α,β-unsaturated/α-hetero) is 1. The first-order valence-corrected chi connectivity index (χ1v) is 9.79. The summed E-state index contributed by atoms with van der Waals surface area (Å²) < 4.78 is 5.63. The van der Waals surface area contributed by atoms with Crippen LogP contribution in [0.3, 0.4) is 0 Å². The van der Waals surface area contributed by atoms with E-state index in [9.17, 15) is 14.7 Å². The molecule has 2 rings (SSSR count). The molecule has 0 aliphatic rings. The minimum absolute atomic E-state index is 0.122. The molecule has 6 heteroatoms. The number of hydrogen-bond donors (Lipinski definition) is 1. The van der Waals surface area contributed by atoms with Gasteiger partial charge >= 0.3 is 0 Å². The van der Waals surface area contributed by atoms with Gasteiger partial charge in [-0.2, -0.15) is 0 Å². The SMILES string of the molecule is CN(C)CCOc1ccc(C=CC(=O)CC(=O)CCc2ccc(O)cc2)c(Cl)c1. The zero-order valence-electron chi connectivity index (χ0n) is 16.7. The number of phenols is 1. The van der Waals surface area contributed by atoms with Gasteiger partial charge in [0, 0.05) is 13.0 Å². The van der Waals surface area contributed by atoms with Gasteiger partial charge in [-0.3, -0.25) is 9.59 Å². The quantitative estimate of drug-likeness (QED) is 0.441. The van der Waals surface area contributed by atoms with Crippen molar-refractivity contribution in [3.63, 3.8) is 0 Å². The van der Waals surface area contributed by atoms with Crippen molar-refractivity contribution in [2.45, 2.75) is 19.3 Å². The number of ether oxygens (including phenoxy) is 1. The molecular weight excluding hydrogens is 390 g/mol. The normalized spacial score (nSPS) is 11.2. The summed E-state index contributed by atoms with van der Waals surface area (Å²) in [6.45, 7) is 1.36. The Kier molecular flexibility index (Phi) is 8.90. The van der Waals surface area contributed by atoms with Crippen molar-refractivity contribution in [3.8, 4) is 11.5 Å². The lowest BCUT2D eigenvalue weighted by molar-refractivity contribution is -0.124. The standard InChI is InChI=1S/C23H26ClNO4/c1-25(2)13-14-29-22-12-7-18(23(24)16-22)6-11-21(28)15-20(27)10-5-17-3-8-19(26)9-4-17/h3-4,6-9,11-12,16,26H,5,10,13-15H2,1-2H3. The number of ketones is 2. The van der Waals surface area contributed by atoms with Crippen LogP contribution >= 0.6 is 11.6 Å². The highest BCUT2D eigenvalue weighted by molar-refractivity contribution is 6.32. The smallest absolute Gasteiger partial charge is 0.163 e. The molecule has 1 N–H and O–H groups in total. The van der Waals surface area contributed by atoms with Crippen LogP contribution in [-0.4, -0.2) is 48.8 Å². The second-order valence-electron chi connectivity index (χ2n) is 7.02. The number of benzene rings is 2. The third kappa shape index (κ3) is 8.50. The molecule has 29 heavy (non-hydrogen) atoms. The number of aryl methyl sites for hydroxylation is 1. The zero-order valence-corrected chi connectivity index (χ0v) is 17.5. The maximum Gasteiger partial charge on any atom is 0.163 e. The number of halogens is 1. The van der Waals surface area contributed by atoms with Crippen LogP contribution in [0.2, 0.25) is 5.02 Å². The Balaban J connectivity index is 1.81. The molecule has 0 atom stereocenters. The number of nitrogens with zero attached hydrogens (tertiary/aromatic N) is 1. The summed E-state index contributed by atoms with van der Waals surface area (Å²) in [5.74, 6) is 0.475. The highest BCUT2D eigenvalue weighted by Crippen LogP contribution is 2.23. The molecule has 0 aliphatic carbocycles. The molecule has 0 radical (unpaired) electrons. The van der Waals surface area contributed by atoms with Gasteiger partial charge in [0.1, 0.15) is 23.9 Å². The van der Waals surface area contributed by atoms with Crippen molar-refractivity contribution in [3.05, 3.63) is 64.7 Å². The van der Waals surface area contributed by atoms with Crippen molar-refractivity contribution in [1.29, 1.82) is 0 Å². The minimum atomic E-state index is -0.261. The molecule has 5 nitrogen and oxygen atoms in total. The summed E-state index contributed by atoms with van der Waals surface area (Å²) in [5, 5.41) is 9.74. The van der Waals surface area contributed by atoms with E-state index in [0.29, 0.717) is 29.4 Å². The monoisotopic (exact) mass is 415 g/mol. The Labute approximate surface area is 176 Å². The first kappa shape index (κ1) is 22.7. The molecule has 0 aromatic heterocycles. The summed E-state index contributed by atoms with van der Waals surface area (Å²) in [7, 11) is 3.94. The van der Waals surface area contributed by atoms with Crippen molar-refractivity contribution >= 4 is 29.2 Å². The van der Waals surface area contributed by atoms with E-state index in [4.69, 9.17) is 16.3 Å². The van der Waals surface area contributed by atoms with E-state index in [2.05, 4.69) is 0 Å². The summed E-state index contributed by atoms with van der Waals surface area (Å²) in [4.78, 5) is 26.1. The Morgan fingerprint density at radius 1 is 1.14 bits per heavy atom. The van der Waals surface area contributed by atoms with Crippen LogP contribution in [-0.2, 0) is 16.0 Å². The molecule has 2 aromatic rings. The van der Waals surface area contributed by atoms with Gasteiger partial charge < -0.3 is 14.7 Å². The molecule has 0 fully saturated rings. The van der Waals surface area contributed by atoms with Crippen LogP contribution in [0, 0.1) is 0 Å². The number of aromatic hydroxyl groups is 1. The van der Waals surface area contributed by atoms with Gasteiger partial charge in [-0.15, -0.1) is 0 Å². The van der Waals surface area contributed by atoms with E-state index in [-0.39, 0.29) is 30.2 Å². The molecule has 0 saturated heterocycles. The van der Waals surface area contributed by atoms with Crippen LogP contribution in [0.15, 0.2) is 48.5 Å². The van der Waals surface area contributed by atoms with Crippen LogP contribution < -0.4 is 4.74 Å². The summed E-state index contributed by atoms with van der Waals surface area (Å²) in [6, 6.07) is 12.0. The van der Waals surface area contributed by atoms with Gasteiger partial charge in [-0.1, -0.05) is 23.7 Å². The van der Waals surface area contributed by atoms with Gasteiger partial charge in [-0.25, -0.2) is 0 Å². The fourth-order valence-corrected chi connectivity index (χ4v) is 2.78. The topological polar surface area (TPSA) is 66.8 Å². The molecular formula is C23H26ClNO4. The molecule has 0 unspecified atom stereocenters. The van der Waals surface area contributed by atoms with E-state index < -0.39 is 0 Å². The molecule has 0 amide bonds. The Morgan fingerprint density at radius 3 is 2.52 bits per heavy atom. The van der Waals surface area contributed by atoms with E-state index in [1.165, 1.54) is 6.08 Å². The fourth-order valence-electron chi connectivity index (χ4n) is 2.55. The number of carbonyl (C=O) groups is 2. The van der Waals surface area contributed by atoms with Gasteiger partial charge in [0.25, 0.3) is 0 Å². The van der Waals surface area contributed by atoms with E-state index in [0.717, 1.165) is 12.1 Å². The average molecular weight is 416 g/mol. The van der Waals surface area contributed by atoms with E-state index in [1.807, 2.05) is 19.0 Å². The third-order valence-corrected chi connectivity index (χ3v) is 4.56. The zero-order chi connectivity index (χ0) is 21.2. The lowest BCUT2D eigenvalue weighted by Gasteiger charge is -2.11. The van der Waals surface area contributed by atoms with Crippen LogP contribution in [0.1, 0.15) is 24.0 Å². The minimum Gasteiger partial charge on any atom is -0.508 e. The second kappa shape index (κ2) is 11.4. The van der Waals surface area contributed by atoms with Crippen molar-refractivity contribution < 1.29 is 19.4 Å². The largest absolute Gasteiger partial charge is 0.508 e. The number of phenolic OH excluding ortho intramolecular Hbond substituents is 1. The van der Waals surface area contributed by atoms with Crippen LogP contribution in [0.25, 0.3) is 6.08 Å². The Bertz CT molecular complexity index is 860. The maximum absolute atomic E-state index is 12.1. The average Bonchev–Trinajstić information content (AvgIpc) is 2.66. The molecule has 2 aromatic carbocycles. The van der Waals surface area contributed by atoms with E-state index in [1.54, 1.807) is 48.5 Å². The maximum atomic E-state index is 12.1. The molecule has 154 valence electrons. The summed E-state index contributed by atoms with van der Waals surface area (Å²) in [5.41, 5.74) is 1.63. The van der Waals surface area contributed by atoms with Gasteiger partial charge in [-0.05, 0) is 74.1 Å².